The lowest BCUT2D eigenvalue weighted by molar-refractivity contribution is 0.0992. The van der Waals surface area contributed by atoms with Crippen LogP contribution < -0.4 is 10.9 Å². The Morgan fingerprint density at radius 1 is 0.921 bits per heavy atom. The number of pyridine rings is 2. The van der Waals surface area contributed by atoms with Crippen molar-refractivity contribution < 1.29 is 4.79 Å². The van der Waals surface area contributed by atoms with Gasteiger partial charge in [0.1, 0.15) is 6.07 Å². The van der Waals surface area contributed by atoms with Gasteiger partial charge in [0, 0.05) is 34.8 Å². The van der Waals surface area contributed by atoms with Gasteiger partial charge in [-0.05, 0) is 17.3 Å². The predicted octanol–water partition coefficient (Wildman–Crippen LogP) is 5.94. The number of ketones is 1. The van der Waals surface area contributed by atoms with Gasteiger partial charge in [0.2, 0.25) is 0 Å². The van der Waals surface area contributed by atoms with Crippen LogP contribution in [0.2, 0.25) is 0 Å². The molecule has 0 spiro atoms. The average molecular weight is 516 g/mol. The third kappa shape index (κ3) is 4.79. The zero-order valence-electron chi connectivity index (χ0n) is 21.0. The predicted molar refractivity (Wildman–Crippen MR) is 156 cm³/mol. The fourth-order valence-corrected chi connectivity index (χ4v) is 4.96. The van der Waals surface area contributed by atoms with Crippen molar-refractivity contribution in [1.29, 1.82) is 5.26 Å². The second-order valence-electron chi connectivity index (χ2n) is 9.14. The number of aromatic nitrogens is 2. The Kier molecular flexibility index (Phi) is 7.26. The number of nitrogens with zero attached hydrogens (tertiary/aromatic N) is 3. The maximum Gasteiger partial charge on any atom is 0.260 e. The minimum atomic E-state index is -0.243. The van der Waals surface area contributed by atoms with E-state index in [0.717, 1.165) is 28.4 Å². The molecule has 0 aliphatic carbocycles. The van der Waals surface area contributed by atoms with E-state index in [4.69, 9.17) is 4.98 Å². The largest absolute Gasteiger partial charge is 0.314 e. The van der Waals surface area contributed by atoms with Gasteiger partial charge in [-0.3, -0.25) is 14.6 Å². The smallest absolute Gasteiger partial charge is 0.260 e. The highest BCUT2D eigenvalue weighted by Gasteiger charge is 2.24. The molecule has 2 aromatic heterocycles. The zero-order chi connectivity index (χ0) is 26.6. The number of rotatable bonds is 7. The van der Waals surface area contributed by atoms with Crippen LogP contribution in [0.4, 0.5) is 0 Å². The molecule has 186 valence electrons. The summed E-state index contributed by atoms with van der Waals surface area (Å²) in [4.78, 5) is 32.1. The molecule has 38 heavy (non-hydrogen) atoms. The number of benzene rings is 3. The first-order valence-electron chi connectivity index (χ1n) is 12.5. The molecule has 6 heteroatoms. The van der Waals surface area contributed by atoms with Gasteiger partial charge in [0.05, 0.1) is 28.8 Å². The molecule has 0 saturated carbocycles. The van der Waals surface area contributed by atoms with Gasteiger partial charge >= 0.3 is 0 Å². The van der Waals surface area contributed by atoms with Crippen LogP contribution in [-0.2, 0) is 13.0 Å². The maximum absolute atomic E-state index is 13.9. The van der Waals surface area contributed by atoms with Crippen molar-refractivity contribution in [3.63, 3.8) is 0 Å². The van der Waals surface area contributed by atoms with Gasteiger partial charge in [0.15, 0.2) is 5.78 Å². The van der Waals surface area contributed by atoms with Crippen molar-refractivity contribution in [3.05, 3.63) is 118 Å². The van der Waals surface area contributed by atoms with Gasteiger partial charge in [-0.2, -0.15) is 5.26 Å². The summed E-state index contributed by atoms with van der Waals surface area (Å²) >= 11 is 0. The highest BCUT2D eigenvalue weighted by atomic mass is 31.0. The van der Waals surface area contributed by atoms with Gasteiger partial charge in [0.25, 0.3) is 5.56 Å². The molecule has 0 aliphatic rings. The van der Waals surface area contributed by atoms with E-state index in [1.165, 1.54) is 0 Å². The van der Waals surface area contributed by atoms with Gasteiger partial charge < -0.3 is 4.57 Å². The van der Waals surface area contributed by atoms with Gasteiger partial charge in [-0.1, -0.05) is 91.9 Å². The summed E-state index contributed by atoms with van der Waals surface area (Å²) in [6, 6.07) is 28.7. The van der Waals surface area contributed by atoms with E-state index in [0.29, 0.717) is 39.8 Å². The number of Topliss-reactive ketones (excluding diaryl/α,β-unsaturated/α-hetero) is 1. The molecule has 0 radical (unpaired) electrons. The molecule has 0 aliphatic heterocycles. The minimum absolute atomic E-state index is 0.0542. The SMILES string of the molecule is CCCn1cc(-c2ccc(P)cc2)c2c(C#N)c(-c3ccccc3)nc(CC(=O)c3ccccc3)c2c1=O. The van der Waals surface area contributed by atoms with Crippen molar-refractivity contribution >= 4 is 31.1 Å². The lowest BCUT2D eigenvalue weighted by Crippen LogP contribution is -2.23. The van der Waals surface area contributed by atoms with Crippen molar-refractivity contribution in [2.75, 3.05) is 0 Å². The first-order valence-corrected chi connectivity index (χ1v) is 13.1. The fraction of sp³-hybridized carbons (Fsp3) is 0.125. The van der Waals surface area contributed by atoms with Crippen molar-refractivity contribution in [1.82, 2.24) is 9.55 Å². The van der Waals surface area contributed by atoms with Gasteiger partial charge in [-0.15, -0.1) is 9.24 Å². The van der Waals surface area contributed by atoms with E-state index in [1.54, 1.807) is 16.7 Å². The van der Waals surface area contributed by atoms with Crippen LogP contribution in [0.1, 0.15) is 35.0 Å². The number of hydrogen-bond acceptors (Lipinski definition) is 4. The van der Waals surface area contributed by atoms with Gasteiger partial charge in [-0.25, -0.2) is 0 Å². The van der Waals surface area contributed by atoms with Crippen LogP contribution in [-0.4, -0.2) is 15.3 Å². The van der Waals surface area contributed by atoms with Crippen molar-refractivity contribution in [2.45, 2.75) is 26.3 Å². The molecule has 1 atom stereocenters. The number of carbonyl (C=O) groups excluding carboxylic acids is 1. The first kappa shape index (κ1) is 25.3. The Hall–Kier alpha value is -4.39. The number of carbonyl (C=O) groups is 1. The van der Waals surface area contributed by atoms with Crippen LogP contribution in [0.15, 0.2) is 95.9 Å². The van der Waals surface area contributed by atoms with Crippen LogP contribution in [0.25, 0.3) is 33.2 Å². The van der Waals surface area contributed by atoms with E-state index in [-0.39, 0.29) is 17.8 Å². The lowest BCUT2D eigenvalue weighted by atomic mass is 9.92. The van der Waals surface area contributed by atoms with Crippen LogP contribution >= 0.6 is 9.24 Å². The van der Waals surface area contributed by atoms with Crippen LogP contribution in [0.3, 0.4) is 0 Å². The van der Waals surface area contributed by atoms with Crippen LogP contribution in [0, 0.1) is 11.3 Å². The molecule has 0 bridgehead atoms. The minimum Gasteiger partial charge on any atom is -0.314 e. The first-order chi connectivity index (χ1) is 18.5. The standard InChI is InChI=1S/C32H26N3O2P/c1-2-17-35-20-26(21-13-15-24(38)16-14-21)29-25(19-33)31(23-11-7-4-8-12-23)34-27(30(29)32(35)37)18-28(36)22-9-5-3-6-10-22/h3-16,20H,2,17-18,38H2,1H3. The van der Waals surface area contributed by atoms with E-state index in [2.05, 4.69) is 15.3 Å². The number of fused-ring (bicyclic) bond motifs is 1. The summed E-state index contributed by atoms with van der Waals surface area (Å²) in [6.45, 7) is 2.52. The Balaban J connectivity index is 1.90. The average Bonchev–Trinajstić information content (AvgIpc) is 2.95. The topological polar surface area (TPSA) is 75.8 Å². The summed E-state index contributed by atoms with van der Waals surface area (Å²) in [6.07, 6.45) is 2.54. The summed E-state index contributed by atoms with van der Waals surface area (Å²) in [7, 11) is 2.68. The Morgan fingerprint density at radius 2 is 1.58 bits per heavy atom. The Bertz CT molecular complexity index is 1740. The fourth-order valence-electron chi connectivity index (χ4n) is 4.77. The molecule has 5 rings (SSSR count). The number of aryl methyl sites for hydroxylation is 1. The number of hydrogen-bond donors (Lipinski definition) is 0. The second kappa shape index (κ2) is 10.9. The molecule has 5 nitrogen and oxygen atoms in total. The molecule has 5 aromatic rings. The molecule has 0 N–H and O–H groups in total. The maximum atomic E-state index is 13.9. The highest BCUT2D eigenvalue weighted by molar-refractivity contribution is 7.27. The molecular formula is C32H26N3O2P. The quantitative estimate of drug-likeness (QED) is 0.199. The zero-order valence-corrected chi connectivity index (χ0v) is 22.2. The van der Waals surface area contributed by atoms with Crippen LogP contribution in [0.5, 0.6) is 0 Å². The number of nitriles is 1. The molecule has 3 aromatic carbocycles. The highest BCUT2D eigenvalue weighted by Crippen LogP contribution is 2.35. The molecule has 0 fully saturated rings. The molecule has 2 heterocycles. The summed E-state index contributed by atoms with van der Waals surface area (Å²) in [5, 5.41) is 12.3. The molecule has 1 unspecified atom stereocenters. The summed E-state index contributed by atoms with van der Waals surface area (Å²) < 4.78 is 1.67. The molecule has 0 amide bonds. The second-order valence-corrected chi connectivity index (χ2v) is 9.81. The summed E-state index contributed by atoms with van der Waals surface area (Å²) in [5.41, 5.74) is 3.88. The third-order valence-corrected chi connectivity index (χ3v) is 6.96. The lowest BCUT2D eigenvalue weighted by Gasteiger charge is -2.18. The summed E-state index contributed by atoms with van der Waals surface area (Å²) in [5.74, 6) is -0.137. The van der Waals surface area contributed by atoms with Crippen molar-refractivity contribution in [3.8, 4) is 28.5 Å². The van der Waals surface area contributed by atoms with Crippen molar-refractivity contribution in [2.24, 2.45) is 0 Å². The van der Waals surface area contributed by atoms with E-state index in [1.807, 2.05) is 85.9 Å². The Labute approximate surface area is 223 Å². The van der Waals surface area contributed by atoms with E-state index >= 15 is 0 Å². The normalized spacial score (nSPS) is 10.9. The molecule has 0 saturated heterocycles. The van der Waals surface area contributed by atoms with E-state index in [9.17, 15) is 14.9 Å². The molecular weight excluding hydrogens is 489 g/mol. The Morgan fingerprint density at radius 3 is 2.21 bits per heavy atom. The monoisotopic (exact) mass is 515 g/mol. The van der Waals surface area contributed by atoms with E-state index < -0.39 is 0 Å². The third-order valence-electron chi connectivity index (χ3n) is 6.57.